The van der Waals surface area contributed by atoms with E-state index in [1.165, 1.54) is 40.2 Å². The molecule has 0 unspecified atom stereocenters. The van der Waals surface area contributed by atoms with E-state index in [1.807, 2.05) is 47.3 Å². The minimum absolute atomic E-state index is 0.00871. The van der Waals surface area contributed by atoms with Crippen LogP contribution in [-0.2, 0) is 56.2 Å². The fourth-order valence-electron chi connectivity index (χ4n) is 7.57. The second kappa shape index (κ2) is 22.4. The Morgan fingerprint density at radius 3 is 2.11 bits per heavy atom. The standard InChI is InChI=1S/C51H44N6O12S2/c1-30(58)66-39-22-19-35(25-40(39)67-31(2)59)45(50(63)68-44(33-13-7-4-8-14-33)34-15-9-5-10-16-34)69-55-41(38-29-71-51(52)53-38)46(60)54-42-47(61)57-43(49(62)65-27-32-17-20-37(64-3)21-18-32)36(28-70-48(42)57)26-56-23-11-6-12-24-56/h4-25,29,42,44-45,48H,26-28H2,1-3H3,(H2-,52,53,54,60)/p+1/t42-,45+,48-/m1/s1. The largest absolute Gasteiger partial charge is 0.497 e. The number of nitrogens with zero attached hydrogens (tertiary/aromatic N) is 4. The van der Waals surface area contributed by atoms with E-state index in [0.29, 0.717) is 33.8 Å². The molecule has 2 amide bonds. The molecule has 0 aliphatic carbocycles. The summed E-state index contributed by atoms with van der Waals surface area (Å²) in [4.78, 5) is 93.1. The van der Waals surface area contributed by atoms with Crippen LogP contribution >= 0.6 is 23.1 Å². The molecular weight excluding hydrogens is 953 g/mol. The van der Waals surface area contributed by atoms with Gasteiger partial charge in [-0.15, -0.1) is 23.1 Å². The Morgan fingerprint density at radius 2 is 1.49 bits per heavy atom. The number of carbonyl (C=O) groups is 6. The molecule has 20 heteroatoms. The number of esters is 4. The van der Waals surface area contributed by atoms with Gasteiger partial charge in [0.2, 0.25) is 6.10 Å². The molecular formula is C51H45N6O12S2+. The molecule has 4 heterocycles. The number of pyridine rings is 1. The van der Waals surface area contributed by atoms with Crippen LogP contribution in [0, 0.1) is 0 Å². The van der Waals surface area contributed by atoms with Gasteiger partial charge < -0.3 is 39.6 Å². The highest BCUT2D eigenvalue weighted by atomic mass is 32.2. The van der Waals surface area contributed by atoms with E-state index in [2.05, 4.69) is 15.5 Å². The molecule has 0 saturated carbocycles. The van der Waals surface area contributed by atoms with Crippen molar-refractivity contribution >= 4 is 69.6 Å². The number of anilines is 1. The van der Waals surface area contributed by atoms with Gasteiger partial charge in [0, 0.05) is 48.2 Å². The van der Waals surface area contributed by atoms with Crippen LogP contribution in [0.5, 0.6) is 17.2 Å². The highest BCUT2D eigenvalue weighted by Gasteiger charge is 2.55. The lowest BCUT2D eigenvalue weighted by molar-refractivity contribution is -0.689. The highest BCUT2D eigenvalue weighted by Crippen LogP contribution is 2.41. The van der Waals surface area contributed by atoms with E-state index in [1.54, 1.807) is 79.9 Å². The minimum atomic E-state index is -1.78. The number of β-lactam (4-membered cyclic amide) rings is 1. The van der Waals surface area contributed by atoms with Gasteiger partial charge in [-0.05, 0) is 41.0 Å². The van der Waals surface area contributed by atoms with Crippen LogP contribution in [0.25, 0.3) is 0 Å². The van der Waals surface area contributed by atoms with E-state index in [0.717, 1.165) is 25.2 Å². The maximum absolute atomic E-state index is 14.6. The quantitative estimate of drug-likeness (QED) is 0.0260. The zero-order chi connectivity index (χ0) is 50.0. The van der Waals surface area contributed by atoms with Crippen LogP contribution in [0.3, 0.4) is 0 Å². The lowest BCUT2D eigenvalue weighted by Gasteiger charge is -2.49. The molecule has 8 rings (SSSR count). The van der Waals surface area contributed by atoms with Crippen LogP contribution in [-0.4, -0.2) is 75.6 Å². The summed E-state index contributed by atoms with van der Waals surface area (Å²) in [5, 5.41) is 7.70. The number of aromatic nitrogens is 2. The number of carbonyl (C=O) groups excluding carboxylic acids is 6. The van der Waals surface area contributed by atoms with Crippen molar-refractivity contribution in [1.82, 2.24) is 15.2 Å². The van der Waals surface area contributed by atoms with Crippen LogP contribution in [0.15, 0.2) is 156 Å². The maximum atomic E-state index is 14.6. The van der Waals surface area contributed by atoms with Crippen molar-refractivity contribution < 1.29 is 61.9 Å². The van der Waals surface area contributed by atoms with Crippen LogP contribution in [0.2, 0.25) is 0 Å². The van der Waals surface area contributed by atoms with Crippen LogP contribution in [0.1, 0.15) is 54.0 Å². The number of nitrogen functional groups attached to an aromatic ring is 1. The summed E-state index contributed by atoms with van der Waals surface area (Å²) in [6.07, 6.45) is 0.938. The Bertz CT molecular complexity index is 2970. The SMILES string of the molecule is COc1ccc(COC(=O)C2=C(C[n+]3ccccc3)CS[C@@H]3[C@H](NC(=O)C(=NO[C@H](C(=O)OC(c4ccccc4)c4ccccc4)c4ccc(OC(C)=O)c(OC(C)=O)c4)c4csc(N)n4)C(=O)N23)cc1. The monoisotopic (exact) mass is 997 g/mol. The van der Waals surface area contributed by atoms with Gasteiger partial charge in [0.15, 0.2) is 47.4 Å². The van der Waals surface area contributed by atoms with Gasteiger partial charge in [-0.3, -0.25) is 24.1 Å². The number of nitrogens with one attached hydrogen (secondary N) is 1. The molecule has 18 nitrogen and oxygen atoms in total. The number of fused-ring (bicyclic) bond motifs is 1. The molecule has 71 heavy (non-hydrogen) atoms. The van der Waals surface area contributed by atoms with E-state index >= 15 is 0 Å². The lowest BCUT2D eigenvalue weighted by atomic mass is 10.0. The third-order valence-electron chi connectivity index (χ3n) is 10.9. The summed E-state index contributed by atoms with van der Waals surface area (Å²) in [6.45, 7) is 2.50. The van der Waals surface area contributed by atoms with Gasteiger partial charge in [0.1, 0.15) is 35.2 Å². The van der Waals surface area contributed by atoms with Gasteiger partial charge in [-0.2, -0.15) is 0 Å². The Labute approximate surface area is 415 Å². The summed E-state index contributed by atoms with van der Waals surface area (Å²) >= 11 is 2.34. The van der Waals surface area contributed by atoms with Crippen LogP contribution < -0.4 is 29.8 Å². The van der Waals surface area contributed by atoms with Crippen molar-refractivity contribution in [1.29, 1.82) is 0 Å². The second-order valence-corrected chi connectivity index (χ2v) is 17.8. The number of ether oxygens (including phenoxy) is 5. The third kappa shape index (κ3) is 11.7. The molecule has 0 bridgehead atoms. The lowest BCUT2D eigenvalue weighted by Crippen LogP contribution is -2.71. The summed E-state index contributed by atoms with van der Waals surface area (Å²) < 4.78 is 29.7. The summed E-state index contributed by atoms with van der Waals surface area (Å²) in [5.74, 6) is -4.14. The van der Waals surface area contributed by atoms with Gasteiger partial charge in [-0.25, -0.2) is 19.1 Å². The zero-order valence-corrected chi connectivity index (χ0v) is 39.9. The van der Waals surface area contributed by atoms with Crippen LogP contribution in [0.4, 0.5) is 5.13 Å². The number of oxime groups is 1. The van der Waals surface area contributed by atoms with Gasteiger partial charge >= 0.3 is 23.9 Å². The average molecular weight is 998 g/mol. The predicted octanol–water partition coefficient (Wildman–Crippen LogP) is 5.76. The molecule has 3 N–H and O–H groups in total. The second-order valence-electron chi connectivity index (χ2n) is 15.8. The number of rotatable bonds is 18. The van der Waals surface area contributed by atoms with Crippen molar-refractivity contribution in [2.24, 2.45) is 5.16 Å². The molecule has 2 aliphatic heterocycles. The number of thioether (sulfide) groups is 1. The number of methoxy groups -OCH3 is 1. The number of hydrogen-bond acceptors (Lipinski definition) is 17. The number of amides is 2. The molecule has 1 saturated heterocycles. The Morgan fingerprint density at radius 1 is 0.845 bits per heavy atom. The molecule has 362 valence electrons. The van der Waals surface area contributed by atoms with E-state index in [-0.39, 0.29) is 46.7 Å². The van der Waals surface area contributed by atoms with Gasteiger partial charge in [0.05, 0.1) is 7.11 Å². The van der Waals surface area contributed by atoms with E-state index in [4.69, 9.17) is 34.3 Å². The average Bonchev–Trinajstić information content (AvgIpc) is 3.81. The fourth-order valence-corrected chi connectivity index (χ4v) is 9.45. The van der Waals surface area contributed by atoms with Crippen molar-refractivity contribution in [3.63, 3.8) is 0 Å². The first kappa shape index (κ1) is 49.1. The predicted molar refractivity (Wildman–Crippen MR) is 258 cm³/mol. The van der Waals surface area contributed by atoms with Crippen molar-refractivity contribution in [2.75, 3.05) is 18.6 Å². The molecule has 1 fully saturated rings. The third-order valence-corrected chi connectivity index (χ3v) is 12.9. The number of thiazole rings is 1. The van der Waals surface area contributed by atoms with E-state index in [9.17, 15) is 28.8 Å². The number of benzene rings is 4. The smallest absolute Gasteiger partial charge is 0.355 e. The summed E-state index contributed by atoms with van der Waals surface area (Å²) in [6, 6.07) is 33.2. The van der Waals surface area contributed by atoms with Crippen molar-refractivity contribution in [3.8, 4) is 17.2 Å². The molecule has 0 radical (unpaired) electrons. The summed E-state index contributed by atoms with van der Waals surface area (Å²) in [7, 11) is 1.55. The highest BCUT2D eigenvalue weighted by molar-refractivity contribution is 8.00. The van der Waals surface area contributed by atoms with Crippen molar-refractivity contribution in [2.45, 2.75) is 50.6 Å². The Balaban J connectivity index is 1.10. The molecule has 2 aromatic heterocycles. The Kier molecular flexibility index (Phi) is 15.5. The van der Waals surface area contributed by atoms with Gasteiger partial charge in [0.25, 0.3) is 11.8 Å². The van der Waals surface area contributed by atoms with E-state index < -0.39 is 65.0 Å². The maximum Gasteiger partial charge on any atom is 0.355 e. The summed E-state index contributed by atoms with van der Waals surface area (Å²) in [5.41, 5.74) is 8.13. The molecule has 6 aromatic rings. The molecule has 3 atom stereocenters. The minimum Gasteiger partial charge on any atom is -0.497 e. The van der Waals surface area contributed by atoms with Crippen molar-refractivity contribution in [3.05, 3.63) is 178 Å². The molecule has 0 spiro atoms. The Hall–Kier alpha value is -8.36. The topological polar surface area (TPSA) is 228 Å². The normalized spacial score (nSPS) is 15.7. The first-order chi connectivity index (χ1) is 34.4. The first-order valence-electron chi connectivity index (χ1n) is 21.8. The molecule has 2 aliphatic rings. The number of nitrogens with two attached hydrogens (primary N) is 1. The zero-order valence-electron chi connectivity index (χ0n) is 38.3. The molecule has 4 aromatic carbocycles. The van der Waals surface area contributed by atoms with Gasteiger partial charge in [-0.1, -0.05) is 90.1 Å². The number of hydrogen-bond donors (Lipinski definition) is 2. The fraction of sp³-hybridized carbons (Fsp3) is 0.196. The first-order valence-corrected chi connectivity index (χ1v) is 23.8.